The van der Waals surface area contributed by atoms with Gasteiger partial charge in [0.15, 0.2) is 5.79 Å². The lowest BCUT2D eigenvalue weighted by Crippen LogP contribution is -2.47. The van der Waals surface area contributed by atoms with Crippen LogP contribution in [0.1, 0.15) is 104 Å². The minimum atomic E-state index is -0.478. The predicted molar refractivity (Wildman–Crippen MR) is 105 cm³/mol. The van der Waals surface area contributed by atoms with E-state index in [1.54, 1.807) is 0 Å². The molecule has 4 nitrogen and oxygen atoms in total. The summed E-state index contributed by atoms with van der Waals surface area (Å²) in [6.07, 6.45) is 16.2. The molecule has 2 aliphatic rings. The van der Waals surface area contributed by atoms with Crippen molar-refractivity contribution in [2.75, 3.05) is 6.61 Å². The van der Waals surface area contributed by atoms with Gasteiger partial charge in [-0.05, 0) is 26.7 Å². The van der Waals surface area contributed by atoms with Crippen LogP contribution in [0.4, 0.5) is 0 Å². The van der Waals surface area contributed by atoms with Crippen molar-refractivity contribution in [1.82, 2.24) is 0 Å². The molecule has 2 saturated heterocycles. The number of aliphatic hydroxyl groups excluding tert-OH is 1. The van der Waals surface area contributed by atoms with Crippen molar-refractivity contribution >= 4 is 0 Å². The summed E-state index contributed by atoms with van der Waals surface area (Å²) in [6.45, 7) is 6.77. The minimum Gasteiger partial charge on any atom is -0.393 e. The van der Waals surface area contributed by atoms with Crippen molar-refractivity contribution in [2.45, 2.75) is 134 Å². The molecule has 0 aromatic heterocycles. The first-order valence-electron chi connectivity index (χ1n) is 11.2. The van der Waals surface area contributed by atoms with Gasteiger partial charge in [0.1, 0.15) is 6.10 Å². The lowest BCUT2D eigenvalue weighted by molar-refractivity contribution is -0.207. The first kappa shape index (κ1) is 22.1. The molecule has 2 rings (SSSR count). The minimum absolute atomic E-state index is 0.0559. The van der Waals surface area contributed by atoms with E-state index in [-0.39, 0.29) is 24.4 Å². The van der Waals surface area contributed by atoms with E-state index in [9.17, 15) is 5.11 Å². The summed E-state index contributed by atoms with van der Waals surface area (Å²) < 4.78 is 17.3. The molecular weight excluding hydrogens is 328 g/mol. The summed E-state index contributed by atoms with van der Waals surface area (Å²) in [6, 6.07) is 0. The largest absolute Gasteiger partial charge is 0.393 e. The number of aliphatic hydroxyl groups is 1. The SMILES string of the molecule is CCCCCCCCCCCC[C@H](O)C[C@H]1C[C@H]([C@H]2COC(C)(C)O2)O1. The maximum absolute atomic E-state index is 10.2. The van der Waals surface area contributed by atoms with Gasteiger partial charge >= 0.3 is 0 Å². The second kappa shape index (κ2) is 11.6. The van der Waals surface area contributed by atoms with E-state index in [1.807, 2.05) is 13.8 Å². The average Bonchev–Trinajstić information content (AvgIpc) is 2.91. The molecule has 0 radical (unpaired) electrons. The van der Waals surface area contributed by atoms with E-state index in [1.165, 1.54) is 57.8 Å². The van der Waals surface area contributed by atoms with Crippen molar-refractivity contribution < 1.29 is 19.3 Å². The first-order chi connectivity index (χ1) is 12.5. The predicted octanol–water partition coefficient (Wildman–Crippen LogP) is 5.36. The van der Waals surface area contributed by atoms with Crippen molar-refractivity contribution in [2.24, 2.45) is 0 Å². The zero-order chi connectivity index (χ0) is 18.8. The second-order valence-corrected chi connectivity index (χ2v) is 8.76. The quantitative estimate of drug-likeness (QED) is 0.418. The lowest BCUT2D eigenvalue weighted by atomic mass is 9.94. The van der Waals surface area contributed by atoms with Crippen LogP contribution in [-0.4, -0.2) is 41.9 Å². The summed E-state index contributed by atoms with van der Waals surface area (Å²) in [5, 5.41) is 10.2. The molecule has 1 N–H and O–H groups in total. The van der Waals surface area contributed by atoms with Gasteiger partial charge in [0, 0.05) is 6.42 Å². The van der Waals surface area contributed by atoms with Crippen LogP contribution in [0.2, 0.25) is 0 Å². The van der Waals surface area contributed by atoms with E-state index in [2.05, 4.69) is 6.92 Å². The normalized spacial score (nSPS) is 28.8. The highest BCUT2D eigenvalue weighted by Crippen LogP contribution is 2.34. The van der Waals surface area contributed by atoms with Crippen LogP contribution in [-0.2, 0) is 14.2 Å². The Morgan fingerprint density at radius 1 is 0.923 bits per heavy atom. The van der Waals surface area contributed by atoms with Gasteiger partial charge in [-0.15, -0.1) is 0 Å². The molecule has 26 heavy (non-hydrogen) atoms. The van der Waals surface area contributed by atoms with Gasteiger partial charge in [-0.25, -0.2) is 0 Å². The molecule has 4 atom stereocenters. The third kappa shape index (κ3) is 8.24. The molecule has 0 amide bonds. The van der Waals surface area contributed by atoms with E-state index in [4.69, 9.17) is 14.2 Å². The van der Waals surface area contributed by atoms with Crippen LogP contribution in [0, 0.1) is 0 Å². The number of ether oxygens (including phenoxy) is 3. The average molecular weight is 371 g/mol. The fraction of sp³-hybridized carbons (Fsp3) is 1.00. The second-order valence-electron chi connectivity index (χ2n) is 8.76. The molecule has 0 unspecified atom stereocenters. The number of unbranched alkanes of at least 4 members (excludes halogenated alkanes) is 9. The van der Waals surface area contributed by atoms with Gasteiger partial charge < -0.3 is 19.3 Å². The monoisotopic (exact) mass is 370 g/mol. The number of hydrogen-bond acceptors (Lipinski definition) is 4. The molecular formula is C22H42O4. The van der Waals surface area contributed by atoms with Crippen molar-refractivity contribution in [3.05, 3.63) is 0 Å². The fourth-order valence-electron chi connectivity index (χ4n) is 4.07. The maximum atomic E-state index is 10.2. The van der Waals surface area contributed by atoms with Gasteiger partial charge in [0.2, 0.25) is 0 Å². The van der Waals surface area contributed by atoms with E-state index in [0.717, 1.165) is 25.7 Å². The Labute approximate surface area is 161 Å². The Bertz CT molecular complexity index is 365. The van der Waals surface area contributed by atoms with Crippen molar-refractivity contribution in [1.29, 1.82) is 0 Å². The summed E-state index contributed by atoms with van der Waals surface area (Å²) >= 11 is 0. The topological polar surface area (TPSA) is 47.9 Å². The van der Waals surface area contributed by atoms with E-state index >= 15 is 0 Å². The summed E-state index contributed by atoms with van der Waals surface area (Å²) in [4.78, 5) is 0. The van der Waals surface area contributed by atoms with E-state index in [0.29, 0.717) is 6.61 Å². The Hall–Kier alpha value is -0.160. The van der Waals surface area contributed by atoms with Crippen LogP contribution < -0.4 is 0 Å². The molecule has 4 heteroatoms. The summed E-state index contributed by atoms with van der Waals surface area (Å²) in [5.41, 5.74) is 0. The van der Waals surface area contributed by atoms with E-state index < -0.39 is 5.79 Å². The molecule has 0 aromatic rings. The smallest absolute Gasteiger partial charge is 0.163 e. The van der Waals surface area contributed by atoms with Crippen LogP contribution in [0.5, 0.6) is 0 Å². The highest BCUT2D eigenvalue weighted by atomic mass is 16.8. The molecule has 0 aliphatic carbocycles. The van der Waals surface area contributed by atoms with Crippen LogP contribution >= 0.6 is 0 Å². The third-order valence-corrected chi connectivity index (χ3v) is 5.73. The summed E-state index contributed by atoms with van der Waals surface area (Å²) in [5.74, 6) is -0.478. The standard InChI is InChI=1S/C22H42O4/c1-4-5-6-7-8-9-10-11-12-13-14-18(23)15-19-16-20(25-19)21-17-24-22(2,3)26-21/h18-21,23H,4-17H2,1-3H3/t18-,19-,20+,21+/m0/s1. The Balaban J connectivity index is 1.38. The highest BCUT2D eigenvalue weighted by Gasteiger charge is 2.44. The third-order valence-electron chi connectivity index (χ3n) is 5.73. The van der Waals surface area contributed by atoms with Gasteiger partial charge in [0.25, 0.3) is 0 Å². The van der Waals surface area contributed by atoms with Crippen LogP contribution in [0.3, 0.4) is 0 Å². The highest BCUT2D eigenvalue weighted by molar-refractivity contribution is 4.88. The lowest BCUT2D eigenvalue weighted by Gasteiger charge is -2.39. The molecule has 0 aromatic carbocycles. The molecule has 154 valence electrons. The first-order valence-corrected chi connectivity index (χ1v) is 11.2. The van der Waals surface area contributed by atoms with Crippen LogP contribution in [0.15, 0.2) is 0 Å². The Morgan fingerprint density at radius 2 is 1.50 bits per heavy atom. The van der Waals surface area contributed by atoms with Gasteiger partial charge in [-0.2, -0.15) is 0 Å². The molecule has 2 aliphatic heterocycles. The van der Waals surface area contributed by atoms with Gasteiger partial charge in [-0.1, -0.05) is 71.1 Å². The zero-order valence-electron chi connectivity index (χ0n) is 17.4. The molecule has 0 bridgehead atoms. The van der Waals surface area contributed by atoms with Crippen molar-refractivity contribution in [3.63, 3.8) is 0 Å². The van der Waals surface area contributed by atoms with Gasteiger partial charge in [-0.3, -0.25) is 0 Å². The Kier molecular flexibility index (Phi) is 9.90. The zero-order valence-corrected chi connectivity index (χ0v) is 17.4. The van der Waals surface area contributed by atoms with Gasteiger partial charge in [0.05, 0.1) is 24.9 Å². The molecule has 0 spiro atoms. The number of rotatable bonds is 14. The fourth-order valence-corrected chi connectivity index (χ4v) is 4.07. The van der Waals surface area contributed by atoms with Crippen LogP contribution in [0.25, 0.3) is 0 Å². The summed E-state index contributed by atoms with van der Waals surface area (Å²) in [7, 11) is 0. The Morgan fingerprint density at radius 3 is 2.04 bits per heavy atom. The molecule has 2 fully saturated rings. The number of hydrogen-bond donors (Lipinski definition) is 1. The van der Waals surface area contributed by atoms with Crippen molar-refractivity contribution in [3.8, 4) is 0 Å². The molecule has 2 heterocycles. The molecule has 0 saturated carbocycles. The maximum Gasteiger partial charge on any atom is 0.163 e.